The van der Waals surface area contributed by atoms with Crippen LogP contribution in [0.3, 0.4) is 0 Å². The Labute approximate surface area is 59.1 Å². The molecule has 0 amide bonds. The van der Waals surface area contributed by atoms with Crippen LogP contribution in [0.1, 0.15) is 11.1 Å². The van der Waals surface area contributed by atoms with E-state index in [2.05, 4.69) is 0 Å². The highest BCUT2D eigenvalue weighted by Gasteiger charge is 1.94. The van der Waals surface area contributed by atoms with Gasteiger partial charge in [0.05, 0.1) is 0 Å². The van der Waals surface area contributed by atoms with Gasteiger partial charge in [-0.2, -0.15) is 0 Å². The summed E-state index contributed by atoms with van der Waals surface area (Å²) in [5.41, 5.74) is 0.940. The fourth-order valence-electron chi connectivity index (χ4n) is 0.897. The maximum atomic E-state index is 12.5. The van der Waals surface area contributed by atoms with Gasteiger partial charge in [0.25, 0.3) is 0 Å². The lowest BCUT2D eigenvalue weighted by atomic mass is 10.1. The third kappa shape index (κ3) is 1.10. The van der Waals surface area contributed by atoms with E-state index in [-0.39, 0.29) is 11.6 Å². The van der Waals surface area contributed by atoms with Gasteiger partial charge in [-0.15, -0.1) is 5.75 Å². The van der Waals surface area contributed by atoms with E-state index in [0.717, 1.165) is 0 Å². The quantitative estimate of drug-likeness (QED) is 0.534. The number of benzene rings is 1. The fourth-order valence-corrected chi connectivity index (χ4v) is 0.897. The third-order valence-electron chi connectivity index (χ3n) is 1.43. The van der Waals surface area contributed by atoms with Crippen LogP contribution in [-0.4, -0.2) is 0 Å². The van der Waals surface area contributed by atoms with Gasteiger partial charge in [-0.05, 0) is 26.0 Å². The summed E-state index contributed by atoms with van der Waals surface area (Å²) >= 11 is 0. The highest BCUT2D eigenvalue weighted by atomic mass is 19.1. The molecule has 0 heterocycles. The number of hydrogen-bond acceptors (Lipinski definition) is 1. The molecule has 0 N–H and O–H groups in total. The maximum absolute atomic E-state index is 12.5. The van der Waals surface area contributed by atoms with Crippen molar-refractivity contribution in [3.63, 3.8) is 0 Å². The molecule has 1 aromatic rings. The van der Waals surface area contributed by atoms with Gasteiger partial charge in [-0.25, -0.2) is 4.39 Å². The van der Waals surface area contributed by atoms with Gasteiger partial charge in [0.15, 0.2) is 0 Å². The summed E-state index contributed by atoms with van der Waals surface area (Å²) in [7, 11) is 0. The minimum absolute atomic E-state index is 0.0681. The smallest absolute Gasteiger partial charge is 0.123 e. The van der Waals surface area contributed by atoms with Crippen molar-refractivity contribution in [3.05, 3.63) is 29.1 Å². The molecule has 0 fully saturated rings. The summed E-state index contributed by atoms with van der Waals surface area (Å²) in [6.07, 6.45) is 0. The van der Waals surface area contributed by atoms with E-state index in [9.17, 15) is 9.50 Å². The van der Waals surface area contributed by atoms with Gasteiger partial charge in [0, 0.05) is 0 Å². The normalized spacial score (nSPS) is 9.90. The molecule has 0 saturated carbocycles. The van der Waals surface area contributed by atoms with Crippen molar-refractivity contribution in [1.82, 2.24) is 0 Å². The molecule has 1 aromatic carbocycles. The molecular formula is C8H8FO-. The zero-order valence-electron chi connectivity index (χ0n) is 5.94. The van der Waals surface area contributed by atoms with E-state index in [1.54, 1.807) is 13.8 Å². The predicted octanol–water partition coefficient (Wildman–Crippen LogP) is 1.52. The fraction of sp³-hybridized carbons (Fsp3) is 0.250. The largest absolute Gasteiger partial charge is 0.872 e. The van der Waals surface area contributed by atoms with Crippen LogP contribution in [0.4, 0.5) is 4.39 Å². The van der Waals surface area contributed by atoms with Crippen molar-refractivity contribution in [1.29, 1.82) is 0 Å². The van der Waals surface area contributed by atoms with Crippen LogP contribution in [0.2, 0.25) is 0 Å². The summed E-state index contributed by atoms with van der Waals surface area (Å²) in [6, 6.07) is 2.49. The van der Waals surface area contributed by atoms with Crippen LogP contribution in [0.25, 0.3) is 0 Å². The summed E-state index contributed by atoms with van der Waals surface area (Å²) < 4.78 is 12.5. The van der Waals surface area contributed by atoms with Crippen LogP contribution >= 0.6 is 0 Å². The van der Waals surface area contributed by atoms with Crippen LogP contribution in [0, 0.1) is 19.7 Å². The second kappa shape index (κ2) is 2.29. The molecule has 0 unspecified atom stereocenters. The monoisotopic (exact) mass is 139 g/mol. The van der Waals surface area contributed by atoms with E-state index < -0.39 is 0 Å². The van der Waals surface area contributed by atoms with E-state index in [0.29, 0.717) is 11.1 Å². The van der Waals surface area contributed by atoms with Crippen molar-refractivity contribution in [2.45, 2.75) is 13.8 Å². The van der Waals surface area contributed by atoms with Crippen LogP contribution in [0.5, 0.6) is 5.75 Å². The summed E-state index contributed by atoms with van der Waals surface area (Å²) in [5.74, 6) is -0.406. The van der Waals surface area contributed by atoms with Gasteiger partial charge in [0.2, 0.25) is 0 Å². The summed E-state index contributed by atoms with van der Waals surface area (Å²) in [5, 5.41) is 11.0. The lowest BCUT2D eigenvalue weighted by Crippen LogP contribution is -1.97. The van der Waals surface area contributed by atoms with Crippen molar-refractivity contribution in [2.75, 3.05) is 0 Å². The molecule has 10 heavy (non-hydrogen) atoms. The first-order valence-electron chi connectivity index (χ1n) is 3.05. The maximum Gasteiger partial charge on any atom is 0.123 e. The Hall–Kier alpha value is -1.05. The number of aryl methyl sites for hydroxylation is 2. The zero-order valence-corrected chi connectivity index (χ0v) is 5.94. The molecule has 0 radical (unpaired) electrons. The highest BCUT2D eigenvalue weighted by molar-refractivity contribution is 5.37. The topological polar surface area (TPSA) is 23.1 Å². The highest BCUT2D eigenvalue weighted by Crippen LogP contribution is 2.18. The van der Waals surface area contributed by atoms with E-state index in [1.165, 1.54) is 12.1 Å². The molecule has 0 aliphatic carbocycles. The van der Waals surface area contributed by atoms with Crippen molar-refractivity contribution in [2.24, 2.45) is 0 Å². The van der Waals surface area contributed by atoms with Gasteiger partial charge < -0.3 is 5.11 Å². The first kappa shape index (κ1) is 7.06. The zero-order chi connectivity index (χ0) is 7.72. The Kier molecular flexibility index (Phi) is 1.62. The lowest BCUT2D eigenvalue weighted by Gasteiger charge is -2.12. The third-order valence-corrected chi connectivity index (χ3v) is 1.43. The molecule has 0 atom stereocenters. The average molecular weight is 139 g/mol. The lowest BCUT2D eigenvalue weighted by molar-refractivity contribution is -0.270. The number of halogens is 1. The standard InChI is InChI=1S/C8H9FO/c1-5-3-7(9)4-6(2)8(5)10/h3-4,10H,1-2H3/p-1. The molecule has 0 spiro atoms. The van der Waals surface area contributed by atoms with Gasteiger partial charge in [0.1, 0.15) is 5.82 Å². The first-order valence-corrected chi connectivity index (χ1v) is 3.05. The molecule has 54 valence electrons. The predicted molar refractivity (Wildman–Crippen MR) is 35.3 cm³/mol. The first-order chi connectivity index (χ1) is 4.61. The molecule has 1 nitrogen and oxygen atoms in total. The van der Waals surface area contributed by atoms with E-state index in [1.807, 2.05) is 0 Å². The minimum atomic E-state index is -0.338. The molecule has 0 aliphatic rings. The molecule has 0 bridgehead atoms. The second-order valence-electron chi connectivity index (χ2n) is 2.37. The van der Waals surface area contributed by atoms with Gasteiger partial charge in [-0.3, -0.25) is 0 Å². The Morgan fingerprint density at radius 2 is 1.60 bits per heavy atom. The molecular weight excluding hydrogens is 131 g/mol. The van der Waals surface area contributed by atoms with Crippen LogP contribution < -0.4 is 5.11 Å². The molecule has 0 aliphatic heterocycles. The average Bonchev–Trinajstić information content (AvgIpc) is 1.82. The van der Waals surface area contributed by atoms with Crippen molar-refractivity contribution >= 4 is 0 Å². The molecule has 1 rings (SSSR count). The number of hydrogen-bond donors (Lipinski definition) is 0. The second-order valence-corrected chi connectivity index (χ2v) is 2.37. The SMILES string of the molecule is Cc1cc(F)cc(C)c1[O-]. The molecule has 0 saturated heterocycles. The van der Waals surface area contributed by atoms with Gasteiger partial charge in [-0.1, -0.05) is 11.1 Å². The van der Waals surface area contributed by atoms with Gasteiger partial charge >= 0.3 is 0 Å². The van der Waals surface area contributed by atoms with Crippen molar-refractivity contribution < 1.29 is 9.50 Å². The van der Waals surface area contributed by atoms with Crippen molar-refractivity contribution in [3.8, 4) is 5.75 Å². The molecule has 0 aromatic heterocycles. The molecule has 2 heteroatoms. The Balaban J connectivity index is 3.31. The summed E-state index contributed by atoms with van der Waals surface area (Å²) in [6.45, 7) is 3.22. The Morgan fingerprint density at radius 3 is 2.00 bits per heavy atom. The Morgan fingerprint density at radius 1 is 1.20 bits per heavy atom. The summed E-state index contributed by atoms with van der Waals surface area (Å²) in [4.78, 5) is 0. The Bertz CT molecular complexity index is 232. The van der Waals surface area contributed by atoms with E-state index >= 15 is 0 Å². The minimum Gasteiger partial charge on any atom is -0.872 e. The van der Waals surface area contributed by atoms with Crippen LogP contribution in [-0.2, 0) is 0 Å². The van der Waals surface area contributed by atoms with Crippen LogP contribution in [0.15, 0.2) is 12.1 Å². The van der Waals surface area contributed by atoms with E-state index in [4.69, 9.17) is 0 Å². The number of rotatable bonds is 0.